The Morgan fingerprint density at radius 3 is 2.71 bits per heavy atom. The average Bonchev–Trinajstić information content (AvgIpc) is 2.97. The van der Waals surface area contributed by atoms with Crippen molar-refractivity contribution in [3.63, 3.8) is 0 Å². The first-order valence-electron chi connectivity index (χ1n) is 8.23. The topological polar surface area (TPSA) is 75.1 Å². The zero-order valence-corrected chi connectivity index (χ0v) is 14.5. The molecule has 2 N–H and O–H groups in total. The molecule has 1 unspecified atom stereocenters. The van der Waals surface area contributed by atoms with Gasteiger partial charge in [-0.05, 0) is 25.8 Å². The highest BCUT2D eigenvalue weighted by Crippen LogP contribution is 2.16. The maximum absolute atomic E-state index is 12.3. The molecule has 1 atom stereocenters. The maximum Gasteiger partial charge on any atom is 0.274 e. The molecule has 0 saturated heterocycles. The number of aryl methyl sites for hydroxylation is 1. The first kappa shape index (κ1) is 16.4. The highest BCUT2D eigenvalue weighted by Gasteiger charge is 2.11. The second kappa shape index (κ2) is 6.57. The van der Waals surface area contributed by atoms with Gasteiger partial charge in [-0.1, -0.05) is 37.6 Å². The Labute approximate surface area is 141 Å². The van der Waals surface area contributed by atoms with E-state index in [9.17, 15) is 4.79 Å². The molecular formula is C18H23N5O. The molecule has 6 heteroatoms. The van der Waals surface area contributed by atoms with E-state index in [1.54, 1.807) is 6.07 Å². The van der Waals surface area contributed by atoms with Crippen LogP contribution in [0.5, 0.6) is 0 Å². The van der Waals surface area contributed by atoms with Crippen molar-refractivity contribution in [3.8, 4) is 11.4 Å². The van der Waals surface area contributed by atoms with Crippen LogP contribution in [0.2, 0.25) is 0 Å². The lowest BCUT2D eigenvalue weighted by molar-refractivity contribution is 0.424. The molecule has 0 radical (unpaired) electrons. The van der Waals surface area contributed by atoms with Gasteiger partial charge in [0.05, 0.1) is 5.69 Å². The minimum Gasteiger partial charge on any atom is -0.308 e. The molecule has 2 heterocycles. The van der Waals surface area contributed by atoms with Gasteiger partial charge in [-0.2, -0.15) is 9.50 Å². The zero-order chi connectivity index (χ0) is 17.3. The standard InChI is InChI=1S/C18H23N5O/c1-11(2)13(4)19-10-15-9-16(24)23-18(20-15)21-17(22-23)14-7-5-6-12(3)8-14/h5-9,11,13,19H,10H2,1-4H3,(H,20,21,22). The first-order chi connectivity index (χ1) is 11.4. The second-order valence-electron chi connectivity index (χ2n) is 6.58. The summed E-state index contributed by atoms with van der Waals surface area (Å²) in [7, 11) is 0. The molecule has 3 aromatic rings. The number of aromatic amines is 1. The summed E-state index contributed by atoms with van der Waals surface area (Å²) >= 11 is 0. The molecule has 0 aliphatic heterocycles. The van der Waals surface area contributed by atoms with Crippen molar-refractivity contribution in [1.29, 1.82) is 0 Å². The summed E-state index contributed by atoms with van der Waals surface area (Å²) in [4.78, 5) is 21.3. The number of nitrogens with zero attached hydrogens (tertiary/aromatic N) is 3. The lowest BCUT2D eigenvalue weighted by Gasteiger charge is -2.16. The Balaban J connectivity index is 1.92. The predicted octanol–water partition coefficient (Wildman–Crippen LogP) is 2.53. The number of benzene rings is 1. The van der Waals surface area contributed by atoms with Crippen molar-refractivity contribution in [2.24, 2.45) is 5.92 Å². The van der Waals surface area contributed by atoms with Crippen molar-refractivity contribution in [2.75, 3.05) is 0 Å². The summed E-state index contributed by atoms with van der Waals surface area (Å²) in [5.41, 5.74) is 2.63. The zero-order valence-electron chi connectivity index (χ0n) is 14.5. The van der Waals surface area contributed by atoms with Gasteiger partial charge in [-0.15, -0.1) is 0 Å². The third-order valence-electron chi connectivity index (χ3n) is 4.28. The van der Waals surface area contributed by atoms with E-state index in [0.717, 1.165) is 11.1 Å². The molecule has 0 fully saturated rings. The van der Waals surface area contributed by atoms with E-state index in [2.05, 4.69) is 41.2 Å². The molecule has 24 heavy (non-hydrogen) atoms. The first-order valence-corrected chi connectivity index (χ1v) is 8.23. The summed E-state index contributed by atoms with van der Waals surface area (Å²) < 4.78 is 1.38. The van der Waals surface area contributed by atoms with E-state index in [4.69, 9.17) is 0 Å². The van der Waals surface area contributed by atoms with Crippen LogP contribution >= 0.6 is 0 Å². The van der Waals surface area contributed by atoms with Gasteiger partial charge in [0, 0.05) is 24.2 Å². The molecule has 126 valence electrons. The minimum atomic E-state index is -0.152. The molecule has 0 saturated carbocycles. The van der Waals surface area contributed by atoms with E-state index in [1.165, 1.54) is 4.52 Å². The molecule has 0 spiro atoms. The number of nitrogens with one attached hydrogen (secondary N) is 2. The van der Waals surface area contributed by atoms with Crippen LogP contribution in [-0.2, 0) is 6.54 Å². The second-order valence-corrected chi connectivity index (χ2v) is 6.58. The lowest BCUT2D eigenvalue weighted by atomic mass is 10.1. The van der Waals surface area contributed by atoms with Crippen LogP contribution in [0.4, 0.5) is 0 Å². The number of aromatic nitrogens is 4. The summed E-state index contributed by atoms with van der Waals surface area (Å²) in [6.45, 7) is 9.02. The minimum absolute atomic E-state index is 0.152. The lowest BCUT2D eigenvalue weighted by Crippen LogP contribution is -2.31. The van der Waals surface area contributed by atoms with Crippen LogP contribution in [0.1, 0.15) is 32.0 Å². The van der Waals surface area contributed by atoms with E-state index < -0.39 is 0 Å². The highest BCUT2D eigenvalue weighted by atomic mass is 16.1. The van der Waals surface area contributed by atoms with Gasteiger partial charge in [0.25, 0.3) is 11.3 Å². The van der Waals surface area contributed by atoms with Crippen LogP contribution in [0.25, 0.3) is 17.2 Å². The average molecular weight is 325 g/mol. The van der Waals surface area contributed by atoms with Crippen LogP contribution < -0.4 is 10.9 Å². The SMILES string of the molecule is Cc1cccc(-c2nc3nc(CNC(C)C(C)C)cc(=O)n3[nH]2)c1. The molecule has 3 rings (SSSR count). The molecule has 0 amide bonds. The third-order valence-corrected chi connectivity index (χ3v) is 4.28. The molecular weight excluding hydrogens is 302 g/mol. The quantitative estimate of drug-likeness (QED) is 0.756. The van der Waals surface area contributed by atoms with Gasteiger partial charge in [-0.25, -0.2) is 4.98 Å². The fourth-order valence-electron chi connectivity index (χ4n) is 2.44. The largest absolute Gasteiger partial charge is 0.308 e. The third kappa shape index (κ3) is 3.38. The molecule has 6 nitrogen and oxygen atoms in total. The van der Waals surface area contributed by atoms with Crippen molar-refractivity contribution in [2.45, 2.75) is 40.3 Å². The summed E-state index contributed by atoms with van der Waals surface area (Å²) in [5, 5.41) is 6.42. The Morgan fingerprint density at radius 2 is 2.00 bits per heavy atom. The van der Waals surface area contributed by atoms with Crippen molar-refractivity contribution >= 4 is 5.78 Å². The van der Waals surface area contributed by atoms with Crippen molar-refractivity contribution in [3.05, 3.63) is 51.9 Å². The van der Waals surface area contributed by atoms with Crippen LogP contribution in [0.3, 0.4) is 0 Å². The van der Waals surface area contributed by atoms with Crippen LogP contribution in [0.15, 0.2) is 35.1 Å². The summed E-state index contributed by atoms with van der Waals surface area (Å²) in [5.74, 6) is 1.56. The highest BCUT2D eigenvalue weighted by molar-refractivity contribution is 5.57. The normalized spacial score (nSPS) is 12.9. The molecule has 1 aromatic carbocycles. The van der Waals surface area contributed by atoms with Gasteiger partial charge in [0.15, 0.2) is 5.82 Å². The van der Waals surface area contributed by atoms with Crippen LogP contribution in [0, 0.1) is 12.8 Å². The van der Waals surface area contributed by atoms with E-state index in [0.29, 0.717) is 35.8 Å². The van der Waals surface area contributed by atoms with Crippen molar-refractivity contribution < 1.29 is 0 Å². The van der Waals surface area contributed by atoms with Gasteiger partial charge in [0.1, 0.15) is 0 Å². The number of hydrogen-bond acceptors (Lipinski definition) is 4. The fraction of sp³-hybridized carbons (Fsp3) is 0.389. The number of hydrogen-bond donors (Lipinski definition) is 2. The number of H-pyrrole nitrogens is 1. The van der Waals surface area contributed by atoms with Crippen LogP contribution in [-0.4, -0.2) is 25.6 Å². The molecule has 0 aliphatic rings. The van der Waals surface area contributed by atoms with E-state index in [1.807, 2.05) is 31.2 Å². The van der Waals surface area contributed by atoms with Gasteiger partial charge < -0.3 is 5.32 Å². The Hall–Kier alpha value is -2.47. The summed E-state index contributed by atoms with van der Waals surface area (Å²) in [6, 6.07) is 9.88. The van der Waals surface area contributed by atoms with Crippen molar-refractivity contribution in [1.82, 2.24) is 24.9 Å². The molecule has 0 bridgehead atoms. The number of fused-ring (bicyclic) bond motifs is 1. The van der Waals surface area contributed by atoms with Gasteiger partial charge in [-0.3, -0.25) is 9.89 Å². The smallest absolute Gasteiger partial charge is 0.274 e. The predicted molar refractivity (Wildman–Crippen MR) is 94.9 cm³/mol. The van der Waals surface area contributed by atoms with E-state index >= 15 is 0 Å². The van der Waals surface area contributed by atoms with Gasteiger partial charge in [0.2, 0.25) is 0 Å². The Bertz CT molecular complexity index is 909. The monoisotopic (exact) mass is 325 g/mol. The molecule has 2 aromatic heterocycles. The Kier molecular flexibility index (Phi) is 4.49. The Morgan fingerprint density at radius 1 is 1.21 bits per heavy atom. The van der Waals surface area contributed by atoms with Gasteiger partial charge >= 0.3 is 0 Å². The number of rotatable bonds is 5. The van der Waals surface area contributed by atoms with E-state index in [-0.39, 0.29) is 5.56 Å². The fourth-order valence-corrected chi connectivity index (χ4v) is 2.44. The maximum atomic E-state index is 12.3. The molecule has 0 aliphatic carbocycles. The summed E-state index contributed by atoms with van der Waals surface area (Å²) in [6.07, 6.45) is 0.